The minimum atomic E-state index is -0.225. The molecule has 0 aliphatic heterocycles. The van der Waals surface area contributed by atoms with Crippen LogP contribution < -0.4 is 5.32 Å². The van der Waals surface area contributed by atoms with E-state index in [9.17, 15) is 4.39 Å². The van der Waals surface area contributed by atoms with Gasteiger partial charge in [-0.2, -0.15) is 0 Å². The number of nitrogens with one attached hydrogen (secondary N) is 1. The molecule has 0 spiro atoms. The van der Waals surface area contributed by atoms with E-state index in [1.54, 1.807) is 6.07 Å². The Bertz CT molecular complexity index is 566. The maximum absolute atomic E-state index is 13.0. The van der Waals surface area contributed by atoms with Gasteiger partial charge in [0.15, 0.2) is 0 Å². The van der Waals surface area contributed by atoms with Gasteiger partial charge in [0.2, 0.25) is 0 Å². The predicted octanol–water partition coefficient (Wildman–Crippen LogP) is 4.82. The Morgan fingerprint density at radius 3 is 2.61 bits per heavy atom. The highest BCUT2D eigenvalue weighted by molar-refractivity contribution is 9.10. The minimum absolute atomic E-state index is 0.225. The van der Waals surface area contributed by atoms with E-state index >= 15 is 0 Å². The number of anilines is 1. The number of aryl methyl sites for hydroxylation is 2. The second kappa shape index (κ2) is 5.53. The standard InChI is InChI=1S/C15H15BrFN/c1-10-3-4-11(2)15(7-10)18-9-12-5-6-13(17)8-14(12)16/h3-8,18H,9H2,1-2H3. The molecule has 1 N–H and O–H groups in total. The SMILES string of the molecule is Cc1ccc(C)c(NCc2ccc(F)cc2Br)c1. The van der Waals surface area contributed by atoms with Crippen molar-refractivity contribution in [3.05, 3.63) is 63.4 Å². The Balaban J connectivity index is 2.13. The molecule has 0 radical (unpaired) electrons. The van der Waals surface area contributed by atoms with Crippen molar-refractivity contribution in [3.8, 4) is 0 Å². The van der Waals surface area contributed by atoms with Crippen LogP contribution >= 0.6 is 15.9 Å². The van der Waals surface area contributed by atoms with E-state index in [0.717, 1.165) is 15.7 Å². The van der Waals surface area contributed by atoms with Crippen LogP contribution in [0, 0.1) is 19.7 Å². The van der Waals surface area contributed by atoms with E-state index in [-0.39, 0.29) is 5.82 Å². The smallest absolute Gasteiger partial charge is 0.124 e. The predicted molar refractivity (Wildman–Crippen MR) is 77.3 cm³/mol. The number of benzene rings is 2. The third-order valence-corrected chi connectivity index (χ3v) is 3.62. The monoisotopic (exact) mass is 307 g/mol. The molecule has 0 aliphatic rings. The lowest BCUT2D eigenvalue weighted by Gasteiger charge is -2.11. The van der Waals surface area contributed by atoms with Crippen molar-refractivity contribution >= 4 is 21.6 Å². The molecule has 0 unspecified atom stereocenters. The summed E-state index contributed by atoms with van der Waals surface area (Å²) in [5.41, 5.74) is 4.59. The van der Waals surface area contributed by atoms with Gasteiger partial charge in [0.25, 0.3) is 0 Å². The van der Waals surface area contributed by atoms with Crippen LogP contribution in [0.3, 0.4) is 0 Å². The van der Waals surface area contributed by atoms with Gasteiger partial charge in [0.1, 0.15) is 5.82 Å². The molecule has 2 aromatic rings. The highest BCUT2D eigenvalue weighted by Crippen LogP contribution is 2.21. The molecule has 0 heterocycles. The van der Waals surface area contributed by atoms with Gasteiger partial charge in [-0.05, 0) is 48.7 Å². The second-order valence-corrected chi connectivity index (χ2v) is 5.26. The van der Waals surface area contributed by atoms with Crippen LogP contribution in [-0.4, -0.2) is 0 Å². The topological polar surface area (TPSA) is 12.0 Å². The third kappa shape index (κ3) is 3.10. The van der Waals surface area contributed by atoms with Gasteiger partial charge in [-0.1, -0.05) is 34.1 Å². The van der Waals surface area contributed by atoms with Gasteiger partial charge >= 0.3 is 0 Å². The van der Waals surface area contributed by atoms with Crippen molar-refractivity contribution in [1.29, 1.82) is 0 Å². The fourth-order valence-electron chi connectivity index (χ4n) is 1.78. The van der Waals surface area contributed by atoms with Crippen molar-refractivity contribution in [1.82, 2.24) is 0 Å². The van der Waals surface area contributed by atoms with Crippen molar-refractivity contribution < 1.29 is 4.39 Å². The normalized spacial score (nSPS) is 10.4. The summed E-state index contributed by atoms with van der Waals surface area (Å²) in [6, 6.07) is 11.1. The van der Waals surface area contributed by atoms with Crippen LogP contribution in [0.4, 0.5) is 10.1 Å². The van der Waals surface area contributed by atoms with Gasteiger partial charge in [0.05, 0.1) is 0 Å². The van der Waals surface area contributed by atoms with Gasteiger partial charge in [-0.3, -0.25) is 0 Å². The largest absolute Gasteiger partial charge is 0.381 e. The second-order valence-electron chi connectivity index (χ2n) is 4.41. The maximum Gasteiger partial charge on any atom is 0.124 e. The first-order valence-electron chi connectivity index (χ1n) is 5.81. The number of hydrogen-bond donors (Lipinski definition) is 1. The first kappa shape index (κ1) is 13.1. The molecule has 0 aliphatic carbocycles. The van der Waals surface area contributed by atoms with Crippen molar-refractivity contribution in [2.24, 2.45) is 0 Å². The molecule has 0 saturated carbocycles. The Morgan fingerprint density at radius 1 is 1.11 bits per heavy atom. The first-order chi connectivity index (χ1) is 8.56. The zero-order chi connectivity index (χ0) is 13.1. The van der Waals surface area contributed by atoms with E-state index < -0.39 is 0 Å². The molecule has 0 saturated heterocycles. The van der Waals surface area contributed by atoms with E-state index in [2.05, 4.69) is 53.3 Å². The fraction of sp³-hybridized carbons (Fsp3) is 0.200. The van der Waals surface area contributed by atoms with E-state index in [0.29, 0.717) is 6.54 Å². The molecule has 94 valence electrons. The highest BCUT2D eigenvalue weighted by atomic mass is 79.9. The van der Waals surface area contributed by atoms with Gasteiger partial charge < -0.3 is 5.32 Å². The van der Waals surface area contributed by atoms with Crippen LogP contribution in [-0.2, 0) is 6.54 Å². The summed E-state index contributed by atoms with van der Waals surface area (Å²) >= 11 is 3.37. The molecule has 1 nitrogen and oxygen atoms in total. The Labute approximate surface area is 115 Å². The lowest BCUT2D eigenvalue weighted by molar-refractivity contribution is 0.626. The van der Waals surface area contributed by atoms with Crippen molar-refractivity contribution in [2.75, 3.05) is 5.32 Å². The number of hydrogen-bond acceptors (Lipinski definition) is 1. The van der Waals surface area contributed by atoms with Crippen molar-refractivity contribution in [3.63, 3.8) is 0 Å². The van der Waals surface area contributed by atoms with E-state index in [1.807, 2.05) is 0 Å². The molecule has 0 aromatic heterocycles. The quantitative estimate of drug-likeness (QED) is 0.857. The Hall–Kier alpha value is -1.35. The molecule has 2 rings (SSSR count). The lowest BCUT2D eigenvalue weighted by atomic mass is 10.1. The van der Waals surface area contributed by atoms with E-state index in [1.165, 1.54) is 23.3 Å². The molecule has 18 heavy (non-hydrogen) atoms. The average Bonchev–Trinajstić information content (AvgIpc) is 2.32. The van der Waals surface area contributed by atoms with Crippen LogP contribution in [0.25, 0.3) is 0 Å². The molecule has 3 heteroatoms. The summed E-state index contributed by atoms with van der Waals surface area (Å²) in [5.74, 6) is -0.225. The number of rotatable bonds is 3. The van der Waals surface area contributed by atoms with Crippen LogP contribution in [0.15, 0.2) is 40.9 Å². The summed E-state index contributed by atoms with van der Waals surface area (Å²) in [6.45, 7) is 4.81. The van der Waals surface area contributed by atoms with Crippen LogP contribution in [0.5, 0.6) is 0 Å². The zero-order valence-corrected chi connectivity index (χ0v) is 12.0. The fourth-order valence-corrected chi connectivity index (χ4v) is 2.27. The van der Waals surface area contributed by atoms with E-state index in [4.69, 9.17) is 0 Å². The summed E-state index contributed by atoms with van der Waals surface area (Å²) in [7, 11) is 0. The summed E-state index contributed by atoms with van der Waals surface area (Å²) in [4.78, 5) is 0. The Morgan fingerprint density at radius 2 is 1.89 bits per heavy atom. The molecule has 0 bridgehead atoms. The molecule has 0 fully saturated rings. The highest BCUT2D eigenvalue weighted by Gasteiger charge is 2.03. The van der Waals surface area contributed by atoms with Crippen LogP contribution in [0.2, 0.25) is 0 Å². The molecule has 0 atom stereocenters. The molecule has 0 amide bonds. The summed E-state index contributed by atoms with van der Waals surface area (Å²) in [6.07, 6.45) is 0. The zero-order valence-electron chi connectivity index (χ0n) is 10.4. The lowest BCUT2D eigenvalue weighted by Crippen LogP contribution is -2.02. The molecule has 2 aromatic carbocycles. The van der Waals surface area contributed by atoms with Gasteiger partial charge in [-0.15, -0.1) is 0 Å². The average molecular weight is 308 g/mol. The number of halogens is 2. The van der Waals surface area contributed by atoms with Gasteiger partial charge in [-0.25, -0.2) is 4.39 Å². The maximum atomic E-state index is 13.0. The third-order valence-electron chi connectivity index (χ3n) is 2.88. The molecular weight excluding hydrogens is 293 g/mol. The summed E-state index contributed by atoms with van der Waals surface area (Å²) < 4.78 is 13.8. The van der Waals surface area contributed by atoms with Gasteiger partial charge in [0, 0.05) is 16.7 Å². The van der Waals surface area contributed by atoms with Crippen LogP contribution in [0.1, 0.15) is 16.7 Å². The Kier molecular flexibility index (Phi) is 4.02. The minimum Gasteiger partial charge on any atom is -0.381 e. The van der Waals surface area contributed by atoms with Crippen molar-refractivity contribution in [2.45, 2.75) is 20.4 Å². The summed E-state index contributed by atoms with van der Waals surface area (Å²) in [5, 5.41) is 3.38. The molecular formula is C15H15BrFN. The first-order valence-corrected chi connectivity index (χ1v) is 6.60.